The minimum Gasteiger partial charge on any atom is -0.319 e. The molecule has 0 bridgehead atoms. The summed E-state index contributed by atoms with van der Waals surface area (Å²) in [5.41, 5.74) is -0.181. The number of rotatable bonds is 2. The predicted molar refractivity (Wildman–Crippen MR) is 52.4 cm³/mol. The molecule has 1 aromatic rings. The van der Waals surface area contributed by atoms with Gasteiger partial charge in [-0.25, -0.2) is 0 Å². The number of anilines is 1. The summed E-state index contributed by atoms with van der Waals surface area (Å²) in [5.74, 6) is -0.402. The van der Waals surface area contributed by atoms with Crippen LogP contribution in [0.2, 0.25) is 5.02 Å². The van der Waals surface area contributed by atoms with E-state index in [-0.39, 0.29) is 16.4 Å². The van der Waals surface area contributed by atoms with Gasteiger partial charge in [0.1, 0.15) is 5.69 Å². The second-order valence-electron chi connectivity index (χ2n) is 2.57. The Morgan fingerprint density at radius 1 is 1.57 bits per heavy atom. The number of halogens is 1. The maximum absolute atomic E-state index is 10.7. The smallest absolute Gasteiger partial charge is 0.294 e. The van der Waals surface area contributed by atoms with Gasteiger partial charge < -0.3 is 5.32 Å². The van der Waals surface area contributed by atoms with Crippen LogP contribution in [0.1, 0.15) is 6.92 Å². The van der Waals surface area contributed by atoms with Gasteiger partial charge in [-0.1, -0.05) is 17.7 Å². The van der Waals surface area contributed by atoms with Gasteiger partial charge in [-0.15, -0.1) is 0 Å². The molecule has 0 atom stereocenters. The largest absolute Gasteiger partial charge is 0.319 e. The Balaban J connectivity index is 3.22. The molecule has 0 saturated carbocycles. The fraction of sp³-hybridized carbons (Fsp3) is 0.125. The van der Waals surface area contributed by atoms with E-state index >= 15 is 0 Å². The summed E-state index contributed by atoms with van der Waals surface area (Å²) in [5, 5.41) is 13.0. The Kier molecular flexibility index (Phi) is 3.03. The van der Waals surface area contributed by atoms with Gasteiger partial charge >= 0.3 is 0 Å². The van der Waals surface area contributed by atoms with Crippen molar-refractivity contribution in [1.82, 2.24) is 0 Å². The van der Waals surface area contributed by atoms with Crippen molar-refractivity contribution in [1.29, 1.82) is 0 Å². The lowest BCUT2D eigenvalue weighted by molar-refractivity contribution is -0.383. The van der Waals surface area contributed by atoms with Gasteiger partial charge in [0, 0.05) is 13.0 Å². The van der Waals surface area contributed by atoms with Crippen LogP contribution >= 0.6 is 11.6 Å². The van der Waals surface area contributed by atoms with Crippen LogP contribution in [-0.2, 0) is 4.79 Å². The number of hydrogen-bond acceptors (Lipinski definition) is 3. The molecule has 0 aliphatic heterocycles. The molecule has 14 heavy (non-hydrogen) atoms. The summed E-state index contributed by atoms with van der Waals surface area (Å²) in [6.45, 7) is 1.26. The Bertz CT molecular complexity index is 392. The van der Waals surface area contributed by atoms with E-state index in [1.807, 2.05) is 0 Å². The average molecular weight is 215 g/mol. The fourth-order valence-electron chi connectivity index (χ4n) is 0.965. The van der Waals surface area contributed by atoms with Gasteiger partial charge in [0.15, 0.2) is 0 Å². The molecule has 1 amide bonds. The zero-order valence-electron chi connectivity index (χ0n) is 7.28. The molecule has 0 radical (unpaired) electrons. The van der Waals surface area contributed by atoms with E-state index in [0.717, 1.165) is 0 Å². The van der Waals surface area contributed by atoms with Crippen molar-refractivity contribution in [3.8, 4) is 0 Å². The van der Waals surface area contributed by atoms with E-state index in [4.69, 9.17) is 11.6 Å². The van der Waals surface area contributed by atoms with Crippen LogP contribution in [0, 0.1) is 10.1 Å². The number of hydrogen-bond donors (Lipinski definition) is 1. The van der Waals surface area contributed by atoms with E-state index in [2.05, 4.69) is 5.32 Å². The minimum absolute atomic E-state index is 0.0340. The first-order valence-electron chi connectivity index (χ1n) is 3.73. The van der Waals surface area contributed by atoms with Crippen molar-refractivity contribution in [2.75, 3.05) is 5.32 Å². The Morgan fingerprint density at radius 2 is 2.21 bits per heavy atom. The molecule has 0 saturated heterocycles. The SMILES string of the molecule is CC(=O)Nc1c(Cl)cccc1[N+](=O)[O-]. The van der Waals surface area contributed by atoms with Crippen LogP contribution in [0.25, 0.3) is 0 Å². The number of para-hydroxylation sites is 1. The van der Waals surface area contributed by atoms with Crippen LogP contribution in [0.3, 0.4) is 0 Å². The van der Waals surface area contributed by atoms with Gasteiger partial charge in [-0.3, -0.25) is 14.9 Å². The third-order valence-electron chi connectivity index (χ3n) is 1.49. The van der Waals surface area contributed by atoms with Gasteiger partial charge in [0.25, 0.3) is 5.69 Å². The summed E-state index contributed by atoms with van der Waals surface area (Å²) in [7, 11) is 0. The predicted octanol–water partition coefficient (Wildman–Crippen LogP) is 2.21. The topological polar surface area (TPSA) is 72.2 Å². The molecule has 0 aliphatic rings. The van der Waals surface area contributed by atoms with Gasteiger partial charge in [0.2, 0.25) is 5.91 Å². The zero-order valence-corrected chi connectivity index (χ0v) is 8.04. The number of nitrogens with one attached hydrogen (secondary N) is 1. The lowest BCUT2D eigenvalue weighted by Crippen LogP contribution is -2.08. The maximum atomic E-state index is 10.7. The van der Waals surface area contributed by atoms with Crippen molar-refractivity contribution in [2.45, 2.75) is 6.92 Å². The number of nitro groups is 1. The van der Waals surface area contributed by atoms with Crippen LogP contribution in [-0.4, -0.2) is 10.8 Å². The zero-order chi connectivity index (χ0) is 10.7. The first-order chi connectivity index (χ1) is 6.52. The fourth-order valence-corrected chi connectivity index (χ4v) is 1.18. The maximum Gasteiger partial charge on any atom is 0.294 e. The summed E-state index contributed by atoms with van der Waals surface area (Å²) in [6, 6.07) is 4.20. The van der Waals surface area contributed by atoms with Crippen molar-refractivity contribution in [3.05, 3.63) is 33.3 Å². The Morgan fingerprint density at radius 3 is 2.71 bits per heavy atom. The molecule has 0 aliphatic carbocycles. The number of carbonyl (C=O) groups excluding carboxylic acids is 1. The standard InChI is InChI=1S/C8H7ClN2O3/c1-5(12)10-8-6(9)3-2-4-7(8)11(13)14/h2-4H,1H3,(H,10,12). The molecular formula is C8H7ClN2O3. The lowest BCUT2D eigenvalue weighted by Gasteiger charge is -2.04. The van der Waals surface area contributed by atoms with Gasteiger partial charge in [0.05, 0.1) is 9.95 Å². The highest BCUT2D eigenvalue weighted by molar-refractivity contribution is 6.34. The molecule has 0 aromatic heterocycles. The number of nitro benzene ring substituents is 1. The first kappa shape index (κ1) is 10.5. The molecule has 0 unspecified atom stereocenters. The second kappa shape index (κ2) is 4.06. The summed E-state index contributed by atoms with van der Waals surface area (Å²) >= 11 is 5.70. The van der Waals surface area contributed by atoms with Crippen molar-refractivity contribution < 1.29 is 9.72 Å². The Hall–Kier alpha value is -1.62. The minimum atomic E-state index is -0.600. The molecule has 74 valence electrons. The molecule has 0 heterocycles. The van der Waals surface area contributed by atoms with E-state index in [9.17, 15) is 14.9 Å². The molecule has 1 rings (SSSR count). The Labute approximate surface area is 84.8 Å². The number of amides is 1. The molecule has 6 heteroatoms. The molecular weight excluding hydrogens is 208 g/mol. The van der Waals surface area contributed by atoms with Crippen LogP contribution in [0.15, 0.2) is 18.2 Å². The van der Waals surface area contributed by atoms with Gasteiger partial charge in [-0.2, -0.15) is 0 Å². The molecule has 0 fully saturated rings. The second-order valence-corrected chi connectivity index (χ2v) is 2.98. The average Bonchev–Trinajstić information content (AvgIpc) is 2.07. The summed E-state index contributed by atoms with van der Waals surface area (Å²) in [4.78, 5) is 20.7. The highest BCUT2D eigenvalue weighted by Crippen LogP contribution is 2.31. The number of benzene rings is 1. The quantitative estimate of drug-likeness (QED) is 0.606. The van der Waals surface area contributed by atoms with Crippen molar-refractivity contribution in [2.24, 2.45) is 0 Å². The number of carbonyl (C=O) groups is 1. The molecule has 1 aromatic carbocycles. The van der Waals surface area contributed by atoms with Crippen molar-refractivity contribution in [3.63, 3.8) is 0 Å². The van der Waals surface area contributed by atoms with E-state index in [0.29, 0.717) is 0 Å². The van der Waals surface area contributed by atoms with Crippen LogP contribution < -0.4 is 5.32 Å². The third kappa shape index (κ3) is 2.20. The van der Waals surface area contributed by atoms with E-state index < -0.39 is 10.8 Å². The molecule has 5 nitrogen and oxygen atoms in total. The highest BCUT2D eigenvalue weighted by Gasteiger charge is 2.16. The number of nitrogens with zero attached hydrogens (tertiary/aromatic N) is 1. The summed E-state index contributed by atoms with van der Waals surface area (Å²) < 4.78 is 0. The highest BCUT2D eigenvalue weighted by atomic mass is 35.5. The van der Waals surface area contributed by atoms with Gasteiger partial charge in [-0.05, 0) is 6.07 Å². The van der Waals surface area contributed by atoms with E-state index in [1.54, 1.807) is 0 Å². The summed E-state index contributed by atoms with van der Waals surface area (Å²) in [6.07, 6.45) is 0. The van der Waals surface area contributed by atoms with E-state index in [1.165, 1.54) is 25.1 Å². The van der Waals surface area contributed by atoms with Crippen molar-refractivity contribution >= 4 is 28.9 Å². The van der Waals surface area contributed by atoms with Crippen LogP contribution in [0.5, 0.6) is 0 Å². The normalized spacial score (nSPS) is 9.57. The molecule has 0 spiro atoms. The molecule has 1 N–H and O–H groups in total. The first-order valence-corrected chi connectivity index (χ1v) is 4.10. The lowest BCUT2D eigenvalue weighted by atomic mass is 10.2. The monoisotopic (exact) mass is 214 g/mol. The third-order valence-corrected chi connectivity index (χ3v) is 1.80. The van der Waals surface area contributed by atoms with Crippen LogP contribution in [0.4, 0.5) is 11.4 Å².